The van der Waals surface area contributed by atoms with Crippen LogP contribution in [0.3, 0.4) is 0 Å². The Kier molecular flexibility index (Phi) is 5.51. The quantitative estimate of drug-likeness (QED) is 0.446. The topological polar surface area (TPSA) is 103 Å². The lowest BCUT2D eigenvalue weighted by Crippen LogP contribution is -2.29. The first-order valence-electron chi connectivity index (χ1n) is 10.1. The van der Waals surface area contributed by atoms with Crippen molar-refractivity contribution in [2.24, 2.45) is 0 Å². The number of ether oxygens (including phenoxy) is 2. The molecule has 2 amide bonds. The third kappa shape index (κ3) is 3.45. The van der Waals surface area contributed by atoms with E-state index in [1.54, 1.807) is 62.4 Å². The number of anilines is 1. The minimum atomic E-state index is -0.675. The van der Waals surface area contributed by atoms with Crippen molar-refractivity contribution in [1.29, 1.82) is 0 Å². The van der Waals surface area contributed by atoms with E-state index in [0.29, 0.717) is 33.8 Å². The molecular weight excluding hydrogens is 424 g/mol. The molecule has 0 saturated carbocycles. The maximum Gasteiger partial charge on any atom is 0.340 e. The van der Waals surface area contributed by atoms with Gasteiger partial charge in [-0.1, -0.05) is 24.3 Å². The maximum atomic E-state index is 13.0. The maximum absolute atomic E-state index is 13.0. The number of benzene rings is 2. The van der Waals surface area contributed by atoms with Crippen LogP contribution < -0.4 is 4.90 Å². The number of imide groups is 1. The molecule has 8 heteroatoms. The van der Waals surface area contributed by atoms with Crippen molar-refractivity contribution in [3.05, 3.63) is 82.2 Å². The van der Waals surface area contributed by atoms with Gasteiger partial charge in [-0.3, -0.25) is 14.6 Å². The number of aromatic nitrogens is 1. The van der Waals surface area contributed by atoms with Gasteiger partial charge in [-0.25, -0.2) is 14.5 Å². The molecule has 0 saturated heterocycles. The number of esters is 2. The van der Waals surface area contributed by atoms with Crippen molar-refractivity contribution in [2.75, 3.05) is 19.1 Å². The van der Waals surface area contributed by atoms with Gasteiger partial charge in [-0.05, 0) is 43.7 Å². The van der Waals surface area contributed by atoms with Gasteiger partial charge >= 0.3 is 11.9 Å². The van der Waals surface area contributed by atoms with Crippen molar-refractivity contribution >= 4 is 29.4 Å². The van der Waals surface area contributed by atoms with E-state index in [4.69, 9.17) is 9.47 Å². The molecule has 0 fully saturated rings. The molecule has 0 atom stereocenters. The first-order chi connectivity index (χ1) is 15.8. The predicted molar refractivity (Wildman–Crippen MR) is 119 cm³/mol. The predicted octanol–water partition coefficient (Wildman–Crippen LogP) is 3.74. The van der Waals surface area contributed by atoms with Crippen LogP contribution in [-0.2, 0) is 9.47 Å². The number of pyridine rings is 1. The molecule has 2 heterocycles. The van der Waals surface area contributed by atoms with E-state index in [1.165, 1.54) is 14.2 Å². The van der Waals surface area contributed by atoms with Gasteiger partial charge in [-0.15, -0.1) is 0 Å². The van der Waals surface area contributed by atoms with Gasteiger partial charge in [0.1, 0.15) is 0 Å². The van der Waals surface area contributed by atoms with Crippen molar-refractivity contribution in [1.82, 2.24) is 4.98 Å². The molecule has 2 aromatic carbocycles. The number of carbonyl (C=O) groups is 4. The molecule has 1 aliphatic heterocycles. The molecule has 0 unspecified atom stereocenters. The molecule has 0 aliphatic carbocycles. The van der Waals surface area contributed by atoms with Crippen molar-refractivity contribution in [3.8, 4) is 11.1 Å². The van der Waals surface area contributed by atoms with E-state index in [-0.39, 0.29) is 16.7 Å². The van der Waals surface area contributed by atoms with E-state index >= 15 is 0 Å². The van der Waals surface area contributed by atoms with Crippen LogP contribution in [0.5, 0.6) is 0 Å². The summed E-state index contributed by atoms with van der Waals surface area (Å²) in [5, 5.41) is 0. The molecule has 0 N–H and O–H groups in total. The summed E-state index contributed by atoms with van der Waals surface area (Å²) in [5.41, 5.74) is 2.56. The van der Waals surface area contributed by atoms with E-state index in [1.807, 2.05) is 0 Å². The first-order valence-corrected chi connectivity index (χ1v) is 10.1. The van der Waals surface area contributed by atoms with Crippen LogP contribution in [0.25, 0.3) is 11.1 Å². The van der Waals surface area contributed by atoms with Gasteiger partial charge in [0, 0.05) is 5.56 Å². The summed E-state index contributed by atoms with van der Waals surface area (Å²) < 4.78 is 9.89. The monoisotopic (exact) mass is 444 g/mol. The Bertz CT molecular complexity index is 1270. The Labute approximate surface area is 189 Å². The summed E-state index contributed by atoms with van der Waals surface area (Å²) in [4.78, 5) is 56.6. The number of methoxy groups -OCH3 is 2. The van der Waals surface area contributed by atoms with Crippen LogP contribution in [0.1, 0.15) is 52.8 Å². The highest BCUT2D eigenvalue weighted by atomic mass is 16.5. The number of aryl methyl sites for hydroxylation is 2. The number of hydrogen-bond donors (Lipinski definition) is 0. The van der Waals surface area contributed by atoms with Crippen molar-refractivity contribution < 1.29 is 28.7 Å². The average Bonchev–Trinajstić information content (AvgIpc) is 3.07. The second-order valence-electron chi connectivity index (χ2n) is 7.43. The summed E-state index contributed by atoms with van der Waals surface area (Å²) in [6.07, 6.45) is 0. The molecule has 4 rings (SSSR count). The molecule has 0 spiro atoms. The van der Waals surface area contributed by atoms with Crippen LogP contribution in [0, 0.1) is 13.8 Å². The SMILES string of the molecule is COC(=O)c1c(C)nc(C)c(C(=O)OC)c1-c1cccc(N2C(=O)c3ccccc3C2=O)c1. The second kappa shape index (κ2) is 8.31. The fourth-order valence-electron chi connectivity index (χ4n) is 4.07. The van der Waals surface area contributed by atoms with E-state index in [9.17, 15) is 19.2 Å². The van der Waals surface area contributed by atoms with Crippen LogP contribution in [0.4, 0.5) is 5.69 Å². The second-order valence-corrected chi connectivity index (χ2v) is 7.43. The molecule has 3 aromatic rings. The summed E-state index contributed by atoms with van der Waals surface area (Å²) in [7, 11) is 2.47. The van der Waals surface area contributed by atoms with Gasteiger partial charge in [0.05, 0.1) is 53.5 Å². The van der Waals surface area contributed by atoms with E-state index in [2.05, 4.69) is 4.98 Å². The van der Waals surface area contributed by atoms with Crippen molar-refractivity contribution in [3.63, 3.8) is 0 Å². The summed E-state index contributed by atoms with van der Waals surface area (Å²) in [5.74, 6) is -2.25. The fourth-order valence-corrected chi connectivity index (χ4v) is 4.07. The number of carbonyl (C=O) groups excluding carboxylic acids is 4. The number of hydrogen-bond acceptors (Lipinski definition) is 7. The Morgan fingerprint density at radius 3 is 1.79 bits per heavy atom. The smallest absolute Gasteiger partial charge is 0.340 e. The Morgan fingerprint density at radius 1 is 0.788 bits per heavy atom. The normalized spacial score (nSPS) is 12.5. The van der Waals surface area contributed by atoms with Crippen LogP contribution in [-0.4, -0.2) is 43.0 Å². The van der Waals surface area contributed by atoms with E-state index in [0.717, 1.165) is 4.90 Å². The summed E-state index contributed by atoms with van der Waals surface area (Å²) >= 11 is 0. The Balaban J connectivity index is 1.95. The number of amides is 2. The first kappa shape index (κ1) is 21.9. The number of fused-ring (bicyclic) bond motifs is 1. The van der Waals surface area contributed by atoms with Gasteiger partial charge in [0.15, 0.2) is 0 Å². The van der Waals surface area contributed by atoms with Gasteiger partial charge in [0.2, 0.25) is 0 Å². The van der Waals surface area contributed by atoms with Gasteiger partial charge in [-0.2, -0.15) is 0 Å². The Hall–Kier alpha value is -4.33. The third-order valence-electron chi connectivity index (χ3n) is 5.53. The van der Waals surface area contributed by atoms with Gasteiger partial charge in [0.25, 0.3) is 11.8 Å². The third-order valence-corrected chi connectivity index (χ3v) is 5.53. The molecule has 1 aliphatic rings. The van der Waals surface area contributed by atoms with Crippen molar-refractivity contribution in [2.45, 2.75) is 13.8 Å². The largest absolute Gasteiger partial charge is 0.465 e. The lowest BCUT2D eigenvalue weighted by Gasteiger charge is -2.19. The molecule has 0 radical (unpaired) electrons. The number of nitrogens with zero attached hydrogens (tertiary/aromatic N) is 2. The molecule has 8 nitrogen and oxygen atoms in total. The zero-order chi connectivity index (χ0) is 23.9. The zero-order valence-electron chi connectivity index (χ0n) is 18.5. The molecular formula is C25H20N2O6. The standard InChI is InChI=1S/C25H20N2O6/c1-13-19(24(30)32-3)21(20(14(2)26-13)25(31)33-4)15-8-7-9-16(12-15)27-22(28)17-10-5-6-11-18(17)23(27)29/h5-12H,1-4H3. The highest BCUT2D eigenvalue weighted by Crippen LogP contribution is 2.36. The Morgan fingerprint density at radius 2 is 1.30 bits per heavy atom. The minimum Gasteiger partial charge on any atom is -0.465 e. The summed E-state index contributed by atoms with van der Waals surface area (Å²) in [6.45, 7) is 3.27. The lowest BCUT2D eigenvalue weighted by atomic mass is 9.92. The number of rotatable bonds is 4. The highest BCUT2D eigenvalue weighted by Gasteiger charge is 2.36. The highest BCUT2D eigenvalue weighted by molar-refractivity contribution is 6.34. The lowest BCUT2D eigenvalue weighted by molar-refractivity contribution is 0.0598. The molecule has 0 bridgehead atoms. The fraction of sp³-hybridized carbons (Fsp3) is 0.160. The minimum absolute atomic E-state index is 0.100. The van der Waals surface area contributed by atoms with Crippen LogP contribution >= 0.6 is 0 Å². The van der Waals surface area contributed by atoms with E-state index < -0.39 is 23.8 Å². The zero-order valence-corrected chi connectivity index (χ0v) is 18.5. The molecule has 1 aromatic heterocycles. The molecule has 33 heavy (non-hydrogen) atoms. The summed E-state index contributed by atoms with van der Waals surface area (Å²) in [6, 6.07) is 13.1. The molecule has 166 valence electrons. The van der Waals surface area contributed by atoms with Crippen LogP contribution in [0.15, 0.2) is 48.5 Å². The van der Waals surface area contributed by atoms with Gasteiger partial charge < -0.3 is 9.47 Å². The average molecular weight is 444 g/mol. The van der Waals surface area contributed by atoms with Crippen LogP contribution in [0.2, 0.25) is 0 Å².